The van der Waals surface area contributed by atoms with E-state index in [0.29, 0.717) is 31.6 Å². The van der Waals surface area contributed by atoms with Crippen LogP contribution in [0.2, 0.25) is 0 Å². The zero-order valence-corrected chi connectivity index (χ0v) is 13.1. The lowest BCUT2D eigenvalue weighted by Crippen LogP contribution is -2.42. The van der Waals surface area contributed by atoms with Crippen LogP contribution in [-0.2, 0) is 17.6 Å². The van der Waals surface area contributed by atoms with Crippen molar-refractivity contribution in [1.82, 2.24) is 10.3 Å². The molecule has 1 N–H and O–H groups in total. The van der Waals surface area contributed by atoms with Gasteiger partial charge in [0, 0.05) is 11.3 Å². The van der Waals surface area contributed by atoms with Crippen LogP contribution >= 0.6 is 11.3 Å². The van der Waals surface area contributed by atoms with Crippen LogP contribution in [0.3, 0.4) is 0 Å². The van der Waals surface area contributed by atoms with E-state index < -0.39 is 0 Å². The van der Waals surface area contributed by atoms with Gasteiger partial charge < -0.3 is 10.1 Å². The molecular weight excluding hydrogens is 303 g/mol. The van der Waals surface area contributed by atoms with Gasteiger partial charge in [-0.3, -0.25) is 4.79 Å². The van der Waals surface area contributed by atoms with Gasteiger partial charge in [-0.25, -0.2) is 9.37 Å². The molecule has 0 radical (unpaired) electrons. The van der Waals surface area contributed by atoms with E-state index in [0.717, 1.165) is 16.1 Å². The molecule has 0 aliphatic carbocycles. The first-order valence-electron chi connectivity index (χ1n) is 7.21. The number of amides is 1. The Bertz CT molecular complexity index is 687. The highest BCUT2D eigenvalue weighted by Crippen LogP contribution is 2.25. The number of nitrogens with one attached hydrogen (secondary N) is 1. The lowest BCUT2D eigenvalue weighted by molar-refractivity contribution is -0.122. The summed E-state index contributed by atoms with van der Waals surface area (Å²) in [6, 6.07) is 4.38. The van der Waals surface area contributed by atoms with E-state index in [1.54, 1.807) is 22.9 Å². The van der Waals surface area contributed by atoms with Gasteiger partial charge in [0.2, 0.25) is 5.91 Å². The minimum atomic E-state index is -0.282. The van der Waals surface area contributed by atoms with Crippen molar-refractivity contribution in [3.05, 3.63) is 45.7 Å². The average Bonchev–Trinajstić information content (AvgIpc) is 2.90. The van der Waals surface area contributed by atoms with Crippen LogP contribution in [0, 0.1) is 12.7 Å². The summed E-state index contributed by atoms with van der Waals surface area (Å²) in [5.74, 6) is 0.406. The normalized spacial score (nSPS) is 16.7. The van der Waals surface area contributed by atoms with Crippen molar-refractivity contribution in [3.8, 4) is 5.75 Å². The van der Waals surface area contributed by atoms with E-state index in [9.17, 15) is 9.18 Å². The maximum absolute atomic E-state index is 13.3. The second-order valence-electron chi connectivity index (χ2n) is 5.39. The van der Waals surface area contributed by atoms with Crippen LogP contribution in [0.5, 0.6) is 5.75 Å². The maximum Gasteiger partial charge on any atom is 0.220 e. The lowest BCUT2D eigenvalue weighted by Gasteiger charge is -2.26. The Morgan fingerprint density at radius 2 is 2.41 bits per heavy atom. The molecule has 1 amide bonds. The monoisotopic (exact) mass is 320 g/mol. The van der Waals surface area contributed by atoms with Crippen molar-refractivity contribution >= 4 is 17.2 Å². The number of carbonyl (C=O) groups excluding carboxylic acids is 1. The molecule has 0 bridgehead atoms. The van der Waals surface area contributed by atoms with Gasteiger partial charge in [-0.2, -0.15) is 0 Å². The first-order valence-corrected chi connectivity index (χ1v) is 8.09. The van der Waals surface area contributed by atoms with Gasteiger partial charge in [0.25, 0.3) is 0 Å². The fraction of sp³-hybridized carbons (Fsp3) is 0.375. The zero-order chi connectivity index (χ0) is 15.5. The Kier molecular flexibility index (Phi) is 4.38. The van der Waals surface area contributed by atoms with Crippen molar-refractivity contribution < 1.29 is 13.9 Å². The molecule has 2 heterocycles. The SMILES string of the molecule is Cc1ncsc1CCC(=O)N[C@@H]1COc2ccc(F)cc2C1. The van der Waals surface area contributed by atoms with E-state index in [2.05, 4.69) is 10.3 Å². The highest BCUT2D eigenvalue weighted by atomic mass is 32.1. The number of hydrogen-bond donors (Lipinski definition) is 1. The molecule has 22 heavy (non-hydrogen) atoms. The highest BCUT2D eigenvalue weighted by molar-refractivity contribution is 7.09. The van der Waals surface area contributed by atoms with Gasteiger partial charge in [-0.15, -0.1) is 11.3 Å². The summed E-state index contributed by atoms with van der Waals surface area (Å²) in [7, 11) is 0. The molecular formula is C16H17FN2O2S. The molecule has 0 saturated heterocycles. The van der Waals surface area contributed by atoms with Crippen LogP contribution in [-0.4, -0.2) is 23.5 Å². The molecule has 116 valence electrons. The standard InChI is InChI=1S/C16H17FN2O2S/c1-10-15(22-9-18-10)4-5-16(20)19-13-7-11-6-12(17)2-3-14(11)21-8-13/h2-3,6,9,13H,4-5,7-8H2,1H3,(H,19,20)/t13-/m0/s1. The number of thiazole rings is 1. The summed E-state index contributed by atoms with van der Waals surface area (Å²) >= 11 is 1.57. The molecule has 1 aromatic carbocycles. The van der Waals surface area contributed by atoms with Crippen LogP contribution in [0.25, 0.3) is 0 Å². The number of hydrogen-bond acceptors (Lipinski definition) is 4. The zero-order valence-electron chi connectivity index (χ0n) is 12.3. The van der Waals surface area contributed by atoms with Gasteiger partial charge in [0.1, 0.15) is 18.2 Å². The van der Waals surface area contributed by atoms with Crippen LogP contribution in [0.15, 0.2) is 23.7 Å². The number of ether oxygens (including phenoxy) is 1. The van der Waals surface area contributed by atoms with Gasteiger partial charge in [-0.1, -0.05) is 0 Å². The van der Waals surface area contributed by atoms with E-state index in [1.165, 1.54) is 12.1 Å². The van der Waals surface area contributed by atoms with E-state index in [-0.39, 0.29) is 17.8 Å². The first-order chi connectivity index (χ1) is 10.6. The molecule has 4 nitrogen and oxygen atoms in total. The van der Waals surface area contributed by atoms with Crippen molar-refractivity contribution in [1.29, 1.82) is 0 Å². The van der Waals surface area contributed by atoms with Gasteiger partial charge in [-0.05, 0) is 43.5 Å². The Morgan fingerprint density at radius 1 is 1.55 bits per heavy atom. The molecule has 0 unspecified atom stereocenters. The van der Waals surface area contributed by atoms with Crippen molar-refractivity contribution in [2.24, 2.45) is 0 Å². The second kappa shape index (κ2) is 6.44. The predicted molar refractivity (Wildman–Crippen MR) is 82.7 cm³/mol. The molecule has 1 aliphatic heterocycles. The molecule has 0 spiro atoms. The molecule has 6 heteroatoms. The van der Waals surface area contributed by atoms with Crippen LogP contribution < -0.4 is 10.1 Å². The minimum Gasteiger partial charge on any atom is -0.491 e. The van der Waals surface area contributed by atoms with E-state index in [4.69, 9.17) is 4.74 Å². The Morgan fingerprint density at radius 3 is 3.18 bits per heavy atom. The predicted octanol–water partition coefficient (Wildman–Crippen LogP) is 2.64. The van der Waals surface area contributed by atoms with Gasteiger partial charge >= 0.3 is 0 Å². The van der Waals surface area contributed by atoms with E-state index in [1.807, 2.05) is 6.92 Å². The number of benzene rings is 1. The summed E-state index contributed by atoms with van der Waals surface area (Å²) in [4.78, 5) is 17.4. The fourth-order valence-corrected chi connectivity index (χ4v) is 3.33. The van der Waals surface area contributed by atoms with Crippen molar-refractivity contribution in [3.63, 3.8) is 0 Å². The Balaban J connectivity index is 1.53. The Labute approximate surface area is 132 Å². The molecule has 0 fully saturated rings. The molecule has 1 aromatic heterocycles. The number of fused-ring (bicyclic) bond motifs is 1. The minimum absolute atomic E-state index is 0.0127. The highest BCUT2D eigenvalue weighted by Gasteiger charge is 2.21. The summed E-state index contributed by atoms with van der Waals surface area (Å²) in [6.45, 7) is 2.37. The number of carbonyl (C=O) groups is 1. The number of nitrogens with zero attached hydrogens (tertiary/aromatic N) is 1. The summed E-state index contributed by atoms with van der Waals surface area (Å²) in [5, 5.41) is 2.96. The fourth-order valence-electron chi connectivity index (χ4n) is 2.55. The van der Waals surface area contributed by atoms with Gasteiger partial charge in [0.15, 0.2) is 0 Å². The van der Waals surface area contributed by atoms with Gasteiger partial charge in [0.05, 0.1) is 17.2 Å². The molecule has 3 rings (SSSR count). The summed E-state index contributed by atoms with van der Waals surface area (Å²) < 4.78 is 18.8. The number of halogens is 1. The molecule has 1 aliphatic rings. The third kappa shape index (κ3) is 3.44. The molecule has 1 atom stereocenters. The average molecular weight is 320 g/mol. The number of rotatable bonds is 4. The number of aromatic nitrogens is 1. The lowest BCUT2D eigenvalue weighted by atomic mass is 10.0. The third-order valence-corrected chi connectivity index (χ3v) is 4.71. The van der Waals surface area contributed by atoms with Crippen molar-refractivity contribution in [2.75, 3.05) is 6.61 Å². The largest absolute Gasteiger partial charge is 0.491 e. The maximum atomic E-state index is 13.3. The molecule has 0 saturated carbocycles. The quantitative estimate of drug-likeness (QED) is 0.942. The number of aryl methyl sites for hydroxylation is 2. The second-order valence-corrected chi connectivity index (χ2v) is 6.33. The first kappa shape index (κ1) is 15.0. The summed E-state index contributed by atoms with van der Waals surface area (Å²) in [6.07, 6.45) is 1.72. The topological polar surface area (TPSA) is 51.2 Å². The smallest absolute Gasteiger partial charge is 0.220 e. The van der Waals surface area contributed by atoms with Crippen molar-refractivity contribution in [2.45, 2.75) is 32.2 Å². The van der Waals surface area contributed by atoms with E-state index >= 15 is 0 Å². The van der Waals surface area contributed by atoms with Crippen LogP contribution in [0.1, 0.15) is 22.6 Å². The Hall–Kier alpha value is -1.95. The summed E-state index contributed by atoms with van der Waals surface area (Å²) in [5.41, 5.74) is 3.58. The van der Waals surface area contributed by atoms with Crippen LogP contribution in [0.4, 0.5) is 4.39 Å². The molecule has 2 aromatic rings. The third-order valence-electron chi connectivity index (χ3n) is 3.72.